The van der Waals surface area contributed by atoms with Crippen LogP contribution in [0.1, 0.15) is 24.8 Å². The van der Waals surface area contributed by atoms with E-state index in [-0.39, 0.29) is 0 Å². The van der Waals surface area contributed by atoms with E-state index >= 15 is 0 Å². The summed E-state index contributed by atoms with van der Waals surface area (Å²) in [6, 6.07) is 12.2. The van der Waals surface area contributed by atoms with E-state index in [1.165, 1.54) is 5.56 Å². The van der Waals surface area contributed by atoms with Crippen molar-refractivity contribution in [2.75, 3.05) is 11.9 Å². The zero-order valence-corrected chi connectivity index (χ0v) is 12.2. The summed E-state index contributed by atoms with van der Waals surface area (Å²) in [5.41, 5.74) is 1.35. The number of benzene rings is 1. The molecule has 0 saturated heterocycles. The predicted octanol–water partition coefficient (Wildman–Crippen LogP) is 4.99. The van der Waals surface area contributed by atoms with Crippen LogP contribution in [0.3, 0.4) is 0 Å². The molecular weight excluding hydrogens is 279 g/mol. The average Bonchev–Trinajstić information content (AvgIpc) is 2.42. The van der Waals surface area contributed by atoms with Gasteiger partial charge in [0, 0.05) is 12.7 Å². The van der Waals surface area contributed by atoms with Crippen molar-refractivity contribution in [1.82, 2.24) is 4.98 Å². The summed E-state index contributed by atoms with van der Waals surface area (Å²) >= 11 is 11.9. The Morgan fingerprint density at radius 2 is 1.95 bits per heavy atom. The topological polar surface area (TPSA) is 24.9 Å². The molecule has 0 aliphatic heterocycles. The molecule has 2 rings (SSSR count). The number of hydrogen-bond acceptors (Lipinski definition) is 2. The summed E-state index contributed by atoms with van der Waals surface area (Å²) in [6.07, 6.45) is 2.61. The predicted molar refractivity (Wildman–Crippen MR) is 82.2 cm³/mol. The summed E-state index contributed by atoms with van der Waals surface area (Å²) in [5.74, 6) is 1.19. The molecule has 0 spiro atoms. The summed E-state index contributed by atoms with van der Waals surface area (Å²) in [7, 11) is 0. The van der Waals surface area contributed by atoms with Gasteiger partial charge in [0.2, 0.25) is 0 Å². The zero-order chi connectivity index (χ0) is 13.7. The van der Waals surface area contributed by atoms with E-state index in [1.54, 1.807) is 12.3 Å². The Morgan fingerprint density at radius 1 is 1.21 bits per heavy atom. The number of anilines is 1. The highest BCUT2D eigenvalue weighted by Gasteiger charge is 2.06. The van der Waals surface area contributed by atoms with Crippen molar-refractivity contribution in [3.05, 3.63) is 58.2 Å². The molecule has 1 N–H and O–H groups in total. The van der Waals surface area contributed by atoms with Crippen LogP contribution in [0.2, 0.25) is 10.0 Å². The Kier molecular flexibility index (Phi) is 5.06. The van der Waals surface area contributed by atoms with Gasteiger partial charge in [-0.3, -0.25) is 0 Å². The molecule has 1 aromatic heterocycles. The van der Waals surface area contributed by atoms with Gasteiger partial charge in [-0.15, -0.1) is 0 Å². The van der Waals surface area contributed by atoms with Crippen LogP contribution in [0.5, 0.6) is 0 Å². The third kappa shape index (κ3) is 4.12. The van der Waals surface area contributed by atoms with Gasteiger partial charge in [0.25, 0.3) is 0 Å². The summed E-state index contributed by atoms with van der Waals surface area (Å²) in [5, 5.41) is 4.34. The van der Waals surface area contributed by atoms with Crippen LogP contribution < -0.4 is 5.32 Å². The fourth-order valence-electron chi connectivity index (χ4n) is 1.90. The molecule has 0 saturated carbocycles. The second-order valence-corrected chi connectivity index (χ2v) is 5.35. The molecule has 1 atom stereocenters. The van der Waals surface area contributed by atoms with Crippen molar-refractivity contribution >= 4 is 29.0 Å². The molecular formula is C15H16Cl2N2. The number of aromatic nitrogens is 1. The zero-order valence-electron chi connectivity index (χ0n) is 10.7. The standard InChI is InChI=1S/C15H16Cl2N2/c1-11(12-5-3-2-4-6-12)7-8-18-15-14(17)9-13(16)10-19-15/h2-6,9-11H,7-8H2,1H3,(H,18,19). The third-order valence-electron chi connectivity index (χ3n) is 3.05. The fraction of sp³-hybridized carbons (Fsp3) is 0.267. The lowest BCUT2D eigenvalue weighted by molar-refractivity contribution is 0.705. The lowest BCUT2D eigenvalue weighted by atomic mass is 9.98. The van der Waals surface area contributed by atoms with Gasteiger partial charge in [-0.05, 0) is 24.0 Å². The van der Waals surface area contributed by atoms with Gasteiger partial charge in [-0.2, -0.15) is 0 Å². The minimum Gasteiger partial charge on any atom is -0.369 e. The van der Waals surface area contributed by atoms with Crippen LogP contribution in [-0.4, -0.2) is 11.5 Å². The van der Waals surface area contributed by atoms with Crippen molar-refractivity contribution in [3.63, 3.8) is 0 Å². The quantitative estimate of drug-likeness (QED) is 0.840. The number of rotatable bonds is 5. The van der Waals surface area contributed by atoms with E-state index in [2.05, 4.69) is 41.5 Å². The maximum absolute atomic E-state index is 6.05. The van der Waals surface area contributed by atoms with Crippen molar-refractivity contribution in [2.24, 2.45) is 0 Å². The van der Waals surface area contributed by atoms with E-state index < -0.39 is 0 Å². The molecule has 1 unspecified atom stereocenters. The molecule has 2 nitrogen and oxygen atoms in total. The first-order valence-corrected chi connectivity index (χ1v) is 7.02. The molecule has 0 fully saturated rings. The number of nitrogens with zero attached hydrogens (tertiary/aromatic N) is 1. The van der Waals surface area contributed by atoms with Crippen LogP contribution in [0, 0.1) is 0 Å². The maximum atomic E-state index is 6.05. The van der Waals surface area contributed by atoms with Crippen LogP contribution in [0.15, 0.2) is 42.6 Å². The SMILES string of the molecule is CC(CCNc1ncc(Cl)cc1Cl)c1ccccc1. The molecule has 1 heterocycles. The largest absolute Gasteiger partial charge is 0.369 e. The summed E-state index contributed by atoms with van der Waals surface area (Å²) < 4.78 is 0. The first kappa shape index (κ1) is 14.2. The highest BCUT2D eigenvalue weighted by molar-refractivity contribution is 6.35. The molecule has 0 amide bonds. The highest BCUT2D eigenvalue weighted by Crippen LogP contribution is 2.23. The van der Waals surface area contributed by atoms with Crippen LogP contribution >= 0.6 is 23.2 Å². The minimum absolute atomic E-state index is 0.500. The lowest BCUT2D eigenvalue weighted by Crippen LogP contribution is -2.07. The monoisotopic (exact) mass is 294 g/mol. The van der Waals surface area contributed by atoms with E-state index in [4.69, 9.17) is 23.2 Å². The number of halogens is 2. The Hall–Kier alpha value is -1.25. The molecule has 0 aliphatic rings. The third-order valence-corrected chi connectivity index (χ3v) is 3.54. The Balaban J connectivity index is 1.86. The van der Waals surface area contributed by atoms with Crippen molar-refractivity contribution < 1.29 is 0 Å². The maximum Gasteiger partial charge on any atom is 0.144 e. The number of hydrogen-bond donors (Lipinski definition) is 1. The van der Waals surface area contributed by atoms with E-state index in [1.807, 2.05) is 6.07 Å². The number of nitrogens with one attached hydrogen (secondary N) is 1. The first-order valence-electron chi connectivity index (χ1n) is 6.26. The molecule has 19 heavy (non-hydrogen) atoms. The molecule has 4 heteroatoms. The van der Waals surface area contributed by atoms with Crippen molar-refractivity contribution in [2.45, 2.75) is 19.3 Å². The van der Waals surface area contributed by atoms with E-state index in [0.717, 1.165) is 13.0 Å². The fourth-order valence-corrected chi connectivity index (χ4v) is 2.35. The molecule has 0 aliphatic carbocycles. The van der Waals surface area contributed by atoms with Gasteiger partial charge in [0.1, 0.15) is 5.82 Å². The molecule has 100 valence electrons. The Bertz CT molecular complexity index is 529. The Morgan fingerprint density at radius 3 is 2.63 bits per heavy atom. The summed E-state index contributed by atoms with van der Waals surface area (Å²) in [4.78, 5) is 4.17. The van der Waals surface area contributed by atoms with Gasteiger partial charge in [0.15, 0.2) is 0 Å². The molecule has 2 aromatic rings. The highest BCUT2D eigenvalue weighted by atomic mass is 35.5. The van der Waals surface area contributed by atoms with Gasteiger partial charge in [-0.1, -0.05) is 60.5 Å². The second kappa shape index (κ2) is 6.78. The average molecular weight is 295 g/mol. The van der Waals surface area contributed by atoms with Gasteiger partial charge >= 0.3 is 0 Å². The molecule has 1 aromatic carbocycles. The number of pyridine rings is 1. The van der Waals surface area contributed by atoms with Crippen LogP contribution in [0.25, 0.3) is 0 Å². The van der Waals surface area contributed by atoms with Crippen molar-refractivity contribution in [3.8, 4) is 0 Å². The van der Waals surface area contributed by atoms with Crippen molar-refractivity contribution in [1.29, 1.82) is 0 Å². The van der Waals surface area contributed by atoms with Gasteiger partial charge in [0.05, 0.1) is 10.0 Å². The normalized spacial score (nSPS) is 12.2. The van der Waals surface area contributed by atoms with Gasteiger partial charge in [-0.25, -0.2) is 4.98 Å². The molecule has 0 bridgehead atoms. The Labute approximate surface area is 123 Å². The van der Waals surface area contributed by atoms with E-state index in [0.29, 0.717) is 21.8 Å². The molecule has 0 radical (unpaired) electrons. The van der Waals surface area contributed by atoms with Crippen LogP contribution in [-0.2, 0) is 0 Å². The smallest absolute Gasteiger partial charge is 0.144 e. The first-order chi connectivity index (χ1) is 9.16. The summed E-state index contributed by atoms with van der Waals surface area (Å²) in [6.45, 7) is 3.04. The lowest BCUT2D eigenvalue weighted by Gasteiger charge is -2.13. The van der Waals surface area contributed by atoms with Gasteiger partial charge < -0.3 is 5.32 Å². The van der Waals surface area contributed by atoms with E-state index in [9.17, 15) is 0 Å². The minimum atomic E-state index is 0.500. The van der Waals surface area contributed by atoms with Crippen LogP contribution in [0.4, 0.5) is 5.82 Å². The second-order valence-electron chi connectivity index (χ2n) is 4.51.